The summed E-state index contributed by atoms with van der Waals surface area (Å²) in [6, 6.07) is -1.30. The van der Waals surface area contributed by atoms with Crippen molar-refractivity contribution in [3.63, 3.8) is 0 Å². The summed E-state index contributed by atoms with van der Waals surface area (Å²) in [4.78, 5) is 24.6. The number of carbonyl (C=O) groups is 2. The van der Waals surface area contributed by atoms with Gasteiger partial charge in [0.1, 0.15) is 12.1 Å². The third kappa shape index (κ3) is 1.36. The summed E-state index contributed by atoms with van der Waals surface area (Å²) in [6.07, 6.45) is 0. The van der Waals surface area contributed by atoms with Crippen molar-refractivity contribution >= 4 is 11.8 Å². The van der Waals surface area contributed by atoms with Gasteiger partial charge in [-0.1, -0.05) is 0 Å². The van der Waals surface area contributed by atoms with Crippen LogP contribution in [-0.2, 0) is 14.3 Å². The second-order valence-electron chi connectivity index (χ2n) is 3.37. The van der Waals surface area contributed by atoms with E-state index in [9.17, 15) is 9.59 Å². The SMILES string of the molecule is O=C1N[C@H](CO)C(=O)N2CCOC[C@H]12. The first kappa shape index (κ1) is 9.42. The third-order valence-electron chi connectivity index (χ3n) is 2.51. The van der Waals surface area contributed by atoms with Crippen molar-refractivity contribution in [1.29, 1.82) is 0 Å². The number of nitrogens with zero attached hydrogens (tertiary/aromatic N) is 1. The fraction of sp³-hybridized carbons (Fsp3) is 0.750. The molecule has 2 aliphatic rings. The number of aliphatic hydroxyl groups excluding tert-OH is 1. The topological polar surface area (TPSA) is 78.9 Å². The van der Waals surface area contributed by atoms with Crippen molar-refractivity contribution in [1.82, 2.24) is 10.2 Å². The number of carbonyl (C=O) groups excluding carboxylic acids is 2. The first-order valence-corrected chi connectivity index (χ1v) is 4.53. The molecule has 0 radical (unpaired) electrons. The van der Waals surface area contributed by atoms with E-state index in [0.717, 1.165) is 0 Å². The van der Waals surface area contributed by atoms with Gasteiger partial charge in [-0.05, 0) is 0 Å². The Hall–Kier alpha value is -1.14. The highest BCUT2D eigenvalue weighted by Gasteiger charge is 2.41. The Labute approximate surface area is 80.8 Å². The highest BCUT2D eigenvalue weighted by atomic mass is 16.5. The van der Waals surface area contributed by atoms with Crippen molar-refractivity contribution in [2.45, 2.75) is 12.1 Å². The van der Waals surface area contributed by atoms with Gasteiger partial charge in [0.15, 0.2) is 0 Å². The molecule has 14 heavy (non-hydrogen) atoms. The van der Waals surface area contributed by atoms with E-state index in [1.807, 2.05) is 0 Å². The van der Waals surface area contributed by atoms with E-state index in [2.05, 4.69) is 5.32 Å². The summed E-state index contributed by atoms with van der Waals surface area (Å²) in [5, 5.41) is 11.3. The van der Waals surface area contributed by atoms with Crippen LogP contribution >= 0.6 is 0 Å². The highest BCUT2D eigenvalue weighted by Crippen LogP contribution is 2.13. The van der Waals surface area contributed by atoms with Crippen molar-refractivity contribution in [2.75, 3.05) is 26.4 Å². The summed E-state index contributed by atoms with van der Waals surface area (Å²) in [5.41, 5.74) is 0. The maximum atomic E-state index is 11.6. The molecule has 2 rings (SSSR count). The van der Waals surface area contributed by atoms with Crippen LogP contribution in [0.2, 0.25) is 0 Å². The van der Waals surface area contributed by atoms with Crippen LogP contribution in [0.4, 0.5) is 0 Å². The van der Waals surface area contributed by atoms with Gasteiger partial charge in [-0.25, -0.2) is 0 Å². The largest absolute Gasteiger partial charge is 0.394 e. The van der Waals surface area contributed by atoms with E-state index in [1.54, 1.807) is 0 Å². The second-order valence-corrected chi connectivity index (χ2v) is 3.37. The number of ether oxygens (including phenoxy) is 1. The number of amides is 2. The van der Waals surface area contributed by atoms with Crippen molar-refractivity contribution in [3.8, 4) is 0 Å². The predicted octanol–water partition coefficient (Wildman–Crippen LogP) is -2.30. The maximum absolute atomic E-state index is 11.6. The van der Waals surface area contributed by atoms with Gasteiger partial charge >= 0.3 is 0 Å². The average Bonchev–Trinajstić information content (AvgIpc) is 2.23. The summed E-state index contributed by atoms with van der Waals surface area (Å²) >= 11 is 0. The van der Waals surface area contributed by atoms with Crippen LogP contribution in [-0.4, -0.2) is 60.3 Å². The van der Waals surface area contributed by atoms with Crippen LogP contribution in [0.25, 0.3) is 0 Å². The molecule has 2 amide bonds. The molecule has 2 atom stereocenters. The van der Waals surface area contributed by atoms with Gasteiger partial charge in [-0.15, -0.1) is 0 Å². The van der Waals surface area contributed by atoms with Gasteiger partial charge in [-0.2, -0.15) is 0 Å². The Kier molecular flexibility index (Phi) is 2.39. The number of hydrogen-bond donors (Lipinski definition) is 2. The predicted molar refractivity (Wildman–Crippen MR) is 45.3 cm³/mol. The molecule has 6 nitrogen and oxygen atoms in total. The molecule has 0 aromatic heterocycles. The zero-order chi connectivity index (χ0) is 10.1. The Morgan fingerprint density at radius 3 is 3.07 bits per heavy atom. The summed E-state index contributed by atoms with van der Waals surface area (Å²) in [7, 11) is 0. The molecule has 0 unspecified atom stereocenters. The molecular weight excluding hydrogens is 188 g/mol. The molecule has 6 heteroatoms. The van der Waals surface area contributed by atoms with Crippen molar-refractivity contribution in [2.24, 2.45) is 0 Å². The van der Waals surface area contributed by atoms with Gasteiger partial charge in [0.2, 0.25) is 11.8 Å². The van der Waals surface area contributed by atoms with Crippen LogP contribution in [0, 0.1) is 0 Å². The minimum Gasteiger partial charge on any atom is -0.394 e. The number of aliphatic hydroxyl groups is 1. The number of piperazine rings is 1. The number of rotatable bonds is 1. The van der Waals surface area contributed by atoms with Crippen molar-refractivity contribution < 1.29 is 19.4 Å². The Morgan fingerprint density at radius 2 is 2.36 bits per heavy atom. The van der Waals surface area contributed by atoms with E-state index in [1.165, 1.54) is 4.90 Å². The lowest BCUT2D eigenvalue weighted by Crippen LogP contribution is -2.67. The van der Waals surface area contributed by atoms with Crippen LogP contribution in [0.5, 0.6) is 0 Å². The number of morpholine rings is 1. The van der Waals surface area contributed by atoms with E-state index in [4.69, 9.17) is 9.84 Å². The average molecular weight is 200 g/mol. The summed E-state index contributed by atoms with van der Waals surface area (Å²) < 4.78 is 5.11. The normalized spacial score (nSPS) is 32.5. The molecule has 0 saturated carbocycles. The van der Waals surface area contributed by atoms with Crippen LogP contribution in [0.3, 0.4) is 0 Å². The zero-order valence-electron chi connectivity index (χ0n) is 7.60. The molecule has 78 valence electrons. The smallest absolute Gasteiger partial charge is 0.248 e. The first-order valence-electron chi connectivity index (χ1n) is 4.53. The quantitative estimate of drug-likeness (QED) is 0.499. The zero-order valence-corrected chi connectivity index (χ0v) is 7.60. The summed E-state index contributed by atoms with van der Waals surface area (Å²) in [6.45, 7) is 0.769. The molecule has 2 heterocycles. The van der Waals surface area contributed by atoms with Crippen molar-refractivity contribution in [3.05, 3.63) is 0 Å². The highest BCUT2D eigenvalue weighted by molar-refractivity contribution is 5.97. The number of fused-ring (bicyclic) bond motifs is 1. The van der Waals surface area contributed by atoms with Crippen LogP contribution in [0.15, 0.2) is 0 Å². The Bertz CT molecular complexity index is 268. The third-order valence-corrected chi connectivity index (χ3v) is 2.51. The van der Waals surface area contributed by atoms with Crippen LogP contribution < -0.4 is 5.32 Å². The minimum absolute atomic E-state index is 0.222. The lowest BCUT2D eigenvalue weighted by Gasteiger charge is -2.40. The molecule has 2 aliphatic heterocycles. The molecule has 0 aliphatic carbocycles. The second kappa shape index (κ2) is 3.55. The minimum atomic E-state index is -0.781. The summed E-state index contributed by atoms with van der Waals surface area (Å²) in [5.74, 6) is -0.469. The van der Waals surface area contributed by atoms with E-state index in [0.29, 0.717) is 13.2 Å². The van der Waals surface area contributed by atoms with Gasteiger partial charge < -0.3 is 20.1 Å². The standard InChI is InChI=1S/C8H12N2O4/c11-3-5-8(13)10-1-2-14-4-6(10)7(12)9-5/h5-6,11H,1-4H2,(H,9,12)/t5-,6-/m1/s1. The maximum Gasteiger partial charge on any atom is 0.248 e. The molecule has 0 aromatic rings. The van der Waals surface area contributed by atoms with E-state index in [-0.39, 0.29) is 25.0 Å². The van der Waals surface area contributed by atoms with Gasteiger partial charge in [0.05, 0.1) is 19.8 Å². The first-order chi connectivity index (χ1) is 6.74. The molecule has 2 fully saturated rings. The monoisotopic (exact) mass is 200 g/mol. The van der Waals surface area contributed by atoms with Gasteiger partial charge in [0.25, 0.3) is 0 Å². The Balaban J connectivity index is 2.17. The number of nitrogens with one attached hydrogen (secondary N) is 1. The van der Waals surface area contributed by atoms with E-state index >= 15 is 0 Å². The molecule has 0 aromatic carbocycles. The molecular formula is C8H12N2O4. The van der Waals surface area contributed by atoms with Gasteiger partial charge in [-0.3, -0.25) is 9.59 Å². The fourth-order valence-corrected chi connectivity index (χ4v) is 1.74. The lowest BCUT2D eigenvalue weighted by atomic mass is 10.1. The molecule has 0 spiro atoms. The molecule has 2 saturated heterocycles. The van der Waals surface area contributed by atoms with E-state index < -0.39 is 12.1 Å². The van der Waals surface area contributed by atoms with Crippen LogP contribution in [0.1, 0.15) is 0 Å². The Morgan fingerprint density at radius 1 is 1.57 bits per heavy atom. The molecule has 2 N–H and O–H groups in total. The van der Waals surface area contributed by atoms with Gasteiger partial charge in [0, 0.05) is 6.54 Å². The lowest BCUT2D eigenvalue weighted by molar-refractivity contribution is -0.158. The number of hydrogen-bond acceptors (Lipinski definition) is 4. The fourth-order valence-electron chi connectivity index (χ4n) is 1.74. The molecule has 0 bridgehead atoms.